The van der Waals surface area contributed by atoms with Crippen LogP contribution in [0.5, 0.6) is 17.2 Å². The zero-order valence-corrected chi connectivity index (χ0v) is 63.2. The Balaban J connectivity index is 0.000000240. The number of nitrogens with zero attached hydrogens (tertiary/aromatic N) is 4. The van der Waals surface area contributed by atoms with Crippen molar-refractivity contribution in [3.05, 3.63) is 71.0 Å². The molecule has 9 rings (SSSR count). The highest BCUT2D eigenvalue weighted by atomic mass is 32.2. The lowest BCUT2D eigenvalue weighted by molar-refractivity contribution is -0.319. The van der Waals surface area contributed by atoms with Crippen molar-refractivity contribution in [3.8, 4) is 17.2 Å². The number of ketones is 1. The molecular weight excluding hydrogens is 1350 g/mol. The van der Waals surface area contributed by atoms with Crippen molar-refractivity contribution < 1.29 is 101 Å². The molecule has 0 bridgehead atoms. The van der Waals surface area contributed by atoms with E-state index in [1.807, 2.05) is 64.9 Å². The molecule has 5 fully saturated rings. The number of ether oxygens (including phenoxy) is 9. The average Bonchev–Trinajstić information content (AvgIpc) is 1.57. The van der Waals surface area contributed by atoms with Gasteiger partial charge in [-0.15, -0.1) is 11.8 Å². The number of benzene rings is 2. The second-order valence-electron chi connectivity index (χ2n) is 28.7. The largest absolute Gasteiger partial charge is 0.508 e. The Morgan fingerprint density at radius 3 is 2.12 bits per heavy atom. The Morgan fingerprint density at radius 1 is 0.891 bits per heavy atom. The Kier molecular flexibility index (Phi) is 27.2. The van der Waals surface area contributed by atoms with E-state index in [9.17, 15) is 58.8 Å². The quantitative estimate of drug-likeness (QED) is 0.0474. The molecule has 1 unspecified atom stereocenters. The van der Waals surface area contributed by atoms with E-state index in [2.05, 4.69) is 20.3 Å². The first-order valence-corrected chi connectivity index (χ1v) is 36.2. The van der Waals surface area contributed by atoms with Gasteiger partial charge < -0.3 is 99.1 Å². The van der Waals surface area contributed by atoms with Crippen LogP contribution in [0.2, 0.25) is 0 Å². The van der Waals surface area contributed by atoms with Crippen molar-refractivity contribution in [1.29, 1.82) is 0 Å². The minimum absolute atomic E-state index is 0.0606. The van der Waals surface area contributed by atoms with Crippen molar-refractivity contribution >= 4 is 63.1 Å². The molecule has 564 valence electrons. The second-order valence-corrected chi connectivity index (χ2v) is 31.9. The molecule has 0 radical (unpaired) electrons. The molecular formula is C71H107N7O21S2. The third kappa shape index (κ3) is 17.9. The number of phenols is 1. The minimum Gasteiger partial charge on any atom is -0.508 e. The fourth-order valence-corrected chi connectivity index (χ4v) is 17.1. The van der Waals surface area contributed by atoms with Gasteiger partial charge in [0.1, 0.15) is 70.4 Å². The number of Topliss-reactive ketones (excluding diaryl/α,β-unsaturated/α-hetero) is 1. The van der Waals surface area contributed by atoms with Gasteiger partial charge in [-0.1, -0.05) is 39.8 Å². The fourth-order valence-electron chi connectivity index (χ4n) is 14.4. The summed E-state index contributed by atoms with van der Waals surface area (Å²) in [5.74, 6) is -4.62. The molecule has 30 heteroatoms. The van der Waals surface area contributed by atoms with Gasteiger partial charge in [-0.3, -0.25) is 28.4 Å². The Hall–Kier alpha value is -5.97. The van der Waals surface area contributed by atoms with Gasteiger partial charge in [-0.25, -0.2) is 9.78 Å². The number of aliphatic carboxylic acids is 1. The summed E-state index contributed by atoms with van der Waals surface area (Å²) in [6, 6.07) is 8.42. The van der Waals surface area contributed by atoms with Crippen LogP contribution in [0, 0.1) is 37.5 Å². The number of β-lactam (4-membered cyclic amide) rings is 1. The Morgan fingerprint density at radius 2 is 1.53 bits per heavy atom. The number of aliphatic hydroxyl groups excluding tert-OH is 3. The molecule has 2 amide bonds. The maximum atomic E-state index is 14.2. The van der Waals surface area contributed by atoms with E-state index in [0.29, 0.717) is 17.1 Å². The zero-order chi connectivity index (χ0) is 75.5. The number of methoxy groups -OCH3 is 4. The lowest BCUT2D eigenvalue weighted by Crippen LogP contribution is -2.71. The van der Waals surface area contributed by atoms with Crippen LogP contribution in [0.25, 0.3) is 11.0 Å². The van der Waals surface area contributed by atoms with Gasteiger partial charge >= 0.3 is 11.9 Å². The van der Waals surface area contributed by atoms with Gasteiger partial charge in [-0.05, 0) is 132 Å². The number of carbonyl (C=O) groups excluding carboxylic acids is 4. The Labute approximate surface area is 598 Å². The topological polar surface area (TPSA) is 393 Å². The van der Waals surface area contributed by atoms with E-state index in [0.717, 1.165) is 39.4 Å². The van der Waals surface area contributed by atoms with Gasteiger partial charge in [0.2, 0.25) is 11.8 Å². The molecule has 101 heavy (non-hydrogen) atoms. The van der Waals surface area contributed by atoms with E-state index in [-0.39, 0.29) is 48.7 Å². The number of fused-ring (bicyclic) bond motifs is 2. The highest BCUT2D eigenvalue weighted by Crippen LogP contribution is 2.51. The molecule has 5 aliphatic rings. The zero-order valence-electron chi connectivity index (χ0n) is 61.6. The first-order chi connectivity index (χ1) is 47.1. The second kappa shape index (κ2) is 33.4. The van der Waals surface area contributed by atoms with E-state index in [4.69, 9.17) is 48.4 Å². The molecule has 5 aliphatic heterocycles. The van der Waals surface area contributed by atoms with Gasteiger partial charge in [-0.2, -0.15) is 0 Å². The fraction of sp³-hybridized carbons (Fsp3) is 0.676. The maximum Gasteiger partial charge on any atom is 0.327 e. The van der Waals surface area contributed by atoms with Crippen LogP contribution in [0.4, 0.5) is 0 Å². The number of carboxylic acids is 1. The molecule has 0 saturated carbocycles. The van der Waals surface area contributed by atoms with Crippen LogP contribution >= 0.6 is 11.8 Å². The van der Waals surface area contributed by atoms with Crippen LogP contribution in [-0.2, 0) is 73.7 Å². The minimum atomic E-state index is -1.96. The van der Waals surface area contributed by atoms with E-state index < -0.39 is 159 Å². The van der Waals surface area contributed by atoms with Crippen molar-refractivity contribution in [2.45, 2.75) is 246 Å². The number of carbonyl (C=O) groups is 5. The number of hydrogen-bond donors (Lipinski definition) is 9. The summed E-state index contributed by atoms with van der Waals surface area (Å²) in [6.07, 6.45) is -6.99. The molecule has 10 N–H and O–H groups in total. The number of carboxylic acid groups (broad SMARTS) is 1. The summed E-state index contributed by atoms with van der Waals surface area (Å²) in [5.41, 5.74) is 6.32. The number of cyclic esters (lactones) is 1. The number of esters is 1. The lowest BCUT2D eigenvalue weighted by Gasteiger charge is -2.50. The lowest BCUT2D eigenvalue weighted by atomic mass is 9.74. The molecule has 5 saturated heterocycles. The Bertz CT molecular complexity index is 3570. The smallest absolute Gasteiger partial charge is 0.327 e. The number of rotatable bonds is 17. The van der Waals surface area contributed by atoms with Gasteiger partial charge in [0, 0.05) is 72.6 Å². The van der Waals surface area contributed by atoms with Crippen molar-refractivity contribution in [1.82, 2.24) is 30.1 Å². The number of phenolic OH excluding ortho intramolecular Hbond substituents is 1. The maximum absolute atomic E-state index is 14.2. The molecule has 2 aromatic heterocycles. The van der Waals surface area contributed by atoms with Crippen LogP contribution in [0.1, 0.15) is 137 Å². The average molecular weight is 1460 g/mol. The number of likely N-dealkylation sites (N-methyl/N-ethyl adjacent to an activating group) is 1. The molecule has 7 heterocycles. The number of aliphatic hydroxyl groups is 4. The summed E-state index contributed by atoms with van der Waals surface area (Å²) in [7, 11) is 8.67. The predicted molar refractivity (Wildman–Crippen MR) is 375 cm³/mol. The van der Waals surface area contributed by atoms with E-state index in [1.54, 1.807) is 82.7 Å². The van der Waals surface area contributed by atoms with Crippen molar-refractivity contribution in [3.63, 3.8) is 0 Å². The molecule has 23 atom stereocenters. The summed E-state index contributed by atoms with van der Waals surface area (Å²) < 4.78 is 66.5. The standard InChI is InChI=1S/C38H69NO13.C17H19N3O3S.C16H19N3O5S/c1-15-26-38(10,45)31(42)21(4)28(40)19(2)17-37(9,47-14)33(52-35-29(41)25(39(11)12)16-20(3)48-35)22(5)30(23(6)34(44)50-26)51-27-18-36(8,46-13)32(43)24(7)49-27;1-10-8-18-15(11(2)16(10)23-4)9-24(21)17-19-13-6-5-12(22-3)7-14(13)20-17;1-16(2)11(15(23)24)19-13(22)10(14(19)25-16)18-12(21)9(17)7-3-5-8(20)6-4-7/h19-27,29-33,35,41-43,45H,15-18H2,1-14H3;5-8H,9H2,1-4H3,(H,19,20);3-6,9-11,14,20H,17H2,1-2H3,(H,18,21)(H,23,24)/t19-,20-,21+,22+,23-,24+,25+,26-,27+,29-,30+,31-,32+,33-,35+,36-,37-,38-;;9-,10-,11+,14-/m1.1/s1. The van der Waals surface area contributed by atoms with E-state index >= 15 is 0 Å². The molecule has 0 aliphatic carbocycles. The number of aromatic nitrogens is 3. The number of aryl methyl sites for hydroxylation is 1. The number of amides is 2. The monoisotopic (exact) mass is 1460 g/mol. The van der Waals surface area contributed by atoms with Crippen LogP contribution < -0.4 is 20.5 Å². The highest BCUT2D eigenvalue weighted by Gasteiger charge is 2.64. The number of nitrogens with one attached hydrogen (secondary N) is 2. The van der Waals surface area contributed by atoms with Gasteiger partial charge in [0.05, 0.1) is 95.1 Å². The van der Waals surface area contributed by atoms with Crippen molar-refractivity contribution in [2.75, 3.05) is 42.5 Å². The predicted octanol–water partition coefficient (Wildman–Crippen LogP) is 5.36. The summed E-state index contributed by atoms with van der Waals surface area (Å²) in [5, 5.41) is 66.8. The number of aromatic hydroxyl groups is 1. The summed E-state index contributed by atoms with van der Waals surface area (Å²) in [6.45, 7) is 24.4. The highest BCUT2D eigenvalue weighted by molar-refractivity contribution is 8.01. The van der Waals surface area contributed by atoms with E-state index in [1.165, 1.54) is 62.1 Å². The first kappa shape index (κ1) is 82.3. The van der Waals surface area contributed by atoms with Crippen molar-refractivity contribution in [2.24, 2.45) is 29.4 Å². The number of pyridine rings is 1. The summed E-state index contributed by atoms with van der Waals surface area (Å²) in [4.78, 5) is 79.4. The SMILES string of the molecule is CC1(C)S[C@@H]2[C@H](NC(=O)[C@H](N)c3ccc(O)cc3)C(=O)N2[C@H]1C(=O)O.CC[C@H]1OC(=O)[C@H](C)[C@@H](O[C@H]2C[C@@](C)(OC)[C@@H](O)[C@H](C)O2)[C@H](C)[C@@H](O[C@@H]2O[C@H](C)C[C@H](N(C)C)[C@H]2O)[C@](C)(OC)C[C@@H](C)C(=O)[C@H](C)[C@@H](O)[C@]1(C)O.COc1ccc2nc(S(=O)Cc3ncc(C)c(OC)c3C)[nH]c2c1. The molecule has 0 spiro atoms. The number of hydrogen-bond acceptors (Lipinski definition) is 25. The van der Waals surface area contributed by atoms with Crippen LogP contribution in [0.3, 0.4) is 0 Å². The molecule has 28 nitrogen and oxygen atoms in total. The number of H-pyrrole nitrogens is 1. The molecule has 4 aromatic rings. The number of thioether (sulfide) groups is 1. The third-order valence-electron chi connectivity index (χ3n) is 20.7. The van der Waals surface area contributed by atoms with Gasteiger partial charge in [0.25, 0.3) is 0 Å². The first-order valence-electron chi connectivity index (χ1n) is 34.0. The van der Waals surface area contributed by atoms with Crippen LogP contribution in [0.15, 0.2) is 53.8 Å². The number of aromatic amines is 1. The third-order valence-corrected chi connectivity index (χ3v) is 23.4. The summed E-state index contributed by atoms with van der Waals surface area (Å²) >= 11 is 1.35. The number of imidazole rings is 1. The number of nitrogens with two attached hydrogens (primary N) is 1. The van der Waals surface area contributed by atoms with Gasteiger partial charge in [0.15, 0.2) is 17.7 Å². The normalized spacial score (nSPS) is 35.1. The molecule has 2 aromatic carbocycles. The van der Waals surface area contributed by atoms with Crippen LogP contribution in [-0.4, -0.2) is 238 Å².